The minimum Gasteiger partial charge on any atom is -0.484 e. The zero-order chi connectivity index (χ0) is 17.7. The van der Waals surface area contributed by atoms with E-state index in [2.05, 4.69) is 15.6 Å². The number of amides is 2. The molecule has 1 aromatic carbocycles. The van der Waals surface area contributed by atoms with E-state index in [4.69, 9.17) is 4.74 Å². The lowest BCUT2D eigenvalue weighted by molar-refractivity contribution is 0.0951. The van der Waals surface area contributed by atoms with Crippen LogP contribution in [0.3, 0.4) is 0 Å². The van der Waals surface area contributed by atoms with Gasteiger partial charge in [-0.25, -0.2) is 4.39 Å². The smallest absolute Gasteiger partial charge is 0.271 e. The van der Waals surface area contributed by atoms with Crippen molar-refractivity contribution in [2.75, 3.05) is 13.6 Å². The maximum atomic E-state index is 13.3. The van der Waals surface area contributed by atoms with E-state index >= 15 is 0 Å². The molecule has 6 nitrogen and oxygen atoms in total. The van der Waals surface area contributed by atoms with Crippen LogP contribution in [0.5, 0.6) is 5.75 Å². The standard InChI is InChI=1S/C17H20FN3O3/c1-4-20-16(22)13-9-14(15(21-13)17(23)19-3)24-10(2)11-6-5-7-12(18)8-11/h5-10,21H,4H2,1-3H3,(H,19,23)(H,20,22). The summed E-state index contributed by atoms with van der Waals surface area (Å²) in [5.74, 6) is -0.887. The monoisotopic (exact) mass is 333 g/mol. The minimum atomic E-state index is -0.498. The number of carbonyl (C=O) groups excluding carboxylic acids is 2. The molecule has 128 valence electrons. The Bertz CT molecular complexity index is 742. The van der Waals surface area contributed by atoms with E-state index in [1.54, 1.807) is 26.0 Å². The van der Waals surface area contributed by atoms with Crippen LogP contribution in [0.2, 0.25) is 0 Å². The van der Waals surface area contributed by atoms with Gasteiger partial charge in [0.25, 0.3) is 11.8 Å². The molecule has 0 saturated carbocycles. The highest BCUT2D eigenvalue weighted by atomic mass is 19.1. The number of benzene rings is 1. The molecule has 0 bridgehead atoms. The fourth-order valence-electron chi connectivity index (χ4n) is 2.22. The van der Waals surface area contributed by atoms with Gasteiger partial charge in [-0.1, -0.05) is 12.1 Å². The van der Waals surface area contributed by atoms with Crippen LogP contribution < -0.4 is 15.4 Å². The molecule has 0 aliphatic rings. The SMILES string of the molecule is CCNC(=O)c1cc(OC(C)c2cccc(F)c2)c(C(=O)NC)[nH]1. The lowest BCUT2D eigenvalue weighted by Gasteiger charge is -2.15. The fourth-order valence-corrected chi connectivity index (χ4v) is 2.22. The molecule has 0 saturated heterocycles. The van der Waals surface area contributed by atoms with Crippen molar-refractivity contribution >= 4 is 11.8 Å². The Morgan fingerprint density at radius 2 is 2.04 bits per heavy atom. The molecule has 2 amide bonds. The summed E-state index contributed by atoms with van der Waals surface area (Å²) in [6.45, 7) is 3.99. The van der Waals surface area contributed by atoms with E-state index in [0.717, 1.165) is 0 Å². The Hall–Kier alpha value is -2.83. The van der Waals surface area contributed by atoms with Gasteiger partial charge >= 0.3 is 0 Å². The molecular weight excluding hydrogens is 313 g/mol. The first-order valence-electron chi connectivity index (χ1n) is 7.61. The first-order chi connectivity index (χ1) is 11.5. The molecule has 0 aliphatic carbocycles. The van der Waals surface area contributed by atoms with Crippen molar-refractivity contribution in [3.05, 3.63) is 53.1 Å². The number of aromatic amines is 1. The van der Waals surface area contributed by atoms with Gasteiger partial charge in [-0.2, -0.15) is 0 Å². The number of hydrogen-bond acceptors (Lipinski definition) is 3. The average molecular weight is 333 g/mol. The largest absolute Gasteiger partial charge is 0.484 e. The first kappa shape index (κ1) is 17.5. The van der Waals surface area contributed by atoms with Crippen molar-refractivity contribution in [2.24, 2.45) is 0 Å². The van der Waals surface area contributed by atoms with Crippen molar-refractivity contribution < 1.29 is 18.7 Å². The third-order valence-corrected chi connectivity index (χ3v) is 3.44. The van der Waals surface area contributed by atoms with E-state index in [0.29, 0.717) is 12.1 Å². The second-order valence-corrected chi connectivity index (χ2v) is 5.18. The van der Waals surface area contributed by atoms with E-state index in [9.17, 15) is 14.0 Å². The number of H-pyrrole nitrogens is 1. The van der Waals surface area contributed by atoms with Crippen LogP contribution in [0.25, 0.3) is 0 Å². The zero-order valence-corrected chi connectivity index (χ0v) is 13.8. The molecule has 7 heteroatoms. The number of aromatic nitrogens is 1. The van der Waals surface area contributed by atoms with E-state index in [1.165, 1.54) is 25.2 Å². The van der Waals surface area contributed by atoms with Gasteiger partial charge in [-0.15, -0.1) is 0 Å². The lowest BCUT2D eigenvalue weighted by atomic mass is 10.1. The highest BCUT2D eigenvalue weighted by Crippen LogP contribution is 2.27. The molecule has 0 radical (unpaired) electrons. The van der Waals surface area contributed by atoms with Crippen molar-refractivity contribution in [1.82, 2.24) is 15.6 Å². The van der Waals surface area contributed by atoms with Crippen LogP contribution in [-0.4, -0.2) is 30.4 Å². The predicted octanol–water partition coefficient (Wildman–Crippen LogP) is 2.40. The molecule has 24 heavy (non-hydrogen) atoms. The van der Waals surface area contributed by atoms with Crippen molar-refractivity contribution in [2.45, 2.75) is 20.0 Å². The number of nitrogens with one attached hydrogen (secondary N) is 3. The third-order valence-electron chi connectivity index (χ3n) is 3.44. The molecule has 1 heterocycles. The van der Waals surface area contributed by atoms with Gasteiger partial charge in [0, 0.05) is 19.7 Å². The van der Waals surface area contributed by atoms with Crippen molar-refractivity contribution in [3.63, 3.8) is 0 Å². The molecule has 1 aromatic heterocycles. The molecule has 0 fully saturated rings. The van der Waals surface area contributed by atoms with Crippen LogP contribution in [0.15, 0.2) is 30.3 Å². The second kappa shape index (κ2) is 7.63. The van der Waals surface area contributed by atoms with Crippen LogP contribution in [0, 0.1) is 5.82 Å². The molecule has 1 unspecified atom stereocenters. The van der Waals surface area contributed by atoms with Gasteiger partial charge < -0.3 is 20.4 Å². The predicted molar refractivity (Wildman–Crippen MR) is 87.6 cm³/mol. The maximum absolute atomic E-state index is 13.3. The highest BCUT2D eigenvalue weighted by molar-refractivity contribution is 5.99. The normalized spacial score (nSPS) is 11.7. The van der Waals surface area contributed by atoms with Crippen LogP contribution >= 0.6 is 0 Å². The van der Waals surface area contributed by atoms with Crippen molar-refractivity contribution in [1.29, 1.82) is 0 Å². The number of rotatable bonds is 6. The average Bonchev–Trinajstić information content (AvgIpc) is 2.98. The quantitative estimate of drug-likeness (QED) is 0.759. The molecule has 2 aromatic rings. The number of ether oxygens (including phenoxy) is 1. The van der Waals surface area contributed by atoms with Gasteiger partial charge in [0.1, 0.15) is 23.3 Å². The minimum absolute atomic E-state index is 0.141. The fraction of sp³-hybridized carbons (Fsp3) is 0.294. The lowest BCUT2D eigenvalue weighted by Crippen LogP contribution is -2.23. The van der Waals surface area contributed by atoms with E-state index in [-0.39, 0.29) is 28.9 Å². The summed E-state index contributed by atoms with van der Waals surface area (Å²) in [5, 5.41) is 5.13. The van der Waals surface area contributed by atoms with Gasteiger partial charge in [-0.3, -0.25) is 9.59 Å². The highest BCUT2D eigenvalue weighted by Gasteiger charge is 2.21. The molecule has 3 N–H and O–H groups in total. The topological polar surface area (TPSA) is 83.2 Å². The van der Waals surface area contributed by atoms with Crippen LogP contribution in [-0.2, 0) is 0 Å². The molecule has 0 spiro atoms. The van der Waals surface area contributed by atoms with E-state index in [1.807, 2.05) is 0 Å². The number of carbonyl (C=O) groups is 2. The Labute approximate surface area is 139 Å². The van der Waals surface area contributed by atoms with Crippen molar-refractivity contribution in [3.8, 4) is 5.75 Å². The molecule has 2 rings (SSSR count). The van der Waals surface area contributed by atoms with E-state index < -0.39 is 12.0 Å². The maximum Gasteiger partial charge on any atom is 0.271 e. The summed E-state index contributed by atoms with van der Waals surface area (Å²) in [4.78, 5) is 26.7. The Kier molecular flexibility index (Phi) is 5.57. The Morgan fingerprint density at radius 3 is 2.67 bits per heavy atom. The van der Waals surface area contributed by atoms with Gasteiger partial charge in [0.15, 0.2) is 5.75 Å². The van der Waals surface area contributed by atoms with Gasteiger partial charge in [0.05, 0.1) is 0 Å². The number of halogens is 1. The summed E-state index contributed by atoms with van der Waals surface area (Å²) < 4.78 is 19.1. The second-order valence-electron chi connectivity index (χ2n) is 5.18. The van der Waals surface area contributed by atoms with Gasteiger partial charge in [-0.05, 0) is 31.5 Å². The zero-order valence-electron chi connectivity index (χ0n) is 13.8. The Balaban J connectivity index is 2.30. The first-order valence-corrected chi connectivity index (χ1v) is 7.61. The number of hydrogen-bond donors (Lipinski definition) is 3. The van der Waals surface area contributed by atoms with Gasteiger partial charge in [0.2, 0.25) is 0 Å². The summed E-state index contributed by atoms with van der Waals surface area (Å²) in [5.41, 5.74) is 0.984. The molecule has 0 aliphatic heterocycles. The van der Waals surface area contributed by atoms with Crippen LogP contribution in [0.4, 0.5) is 4.39 Å². The molecule has 1 atom stereocenters. The molecular formula is C17H20FN3O3. The summed E-state index contributed by atoms with van der Waals surface area (Å²) in [6, 6.07) is 7.48. The van der Waals surface area contributed by atoms with Crippen LogP contribution in [0.1, 0.15) is 46.5 Å². The Morgan fingerprint density at radius 1 is 1.29 bits per heavy atom. The third kappa shape index (κ3) is 3.92. The summed E-state index contributed by atoms with van der Waals surface area (Å²) >= 11 is 0. The summed E-state index contributed by atoms with van der Waals surface area (Å²) in [7, 11) is 1.48. The summed E-state index contributed by atoms with van der Waals surface area (Å²) in [6.07, 6.45) is -0.498.